The number of nitrogens with zero attached hydrogens (tertiary/aromatic N) is 2. The van der Waals surface area contributed by atoms with E-state index in [2.05, 4.69) is 44.0 Å². The van der Waals surface area contributed by atoms with Crippen molar-refractivity contribution in [3.8, 4) is 0 Å². The van der Waals surface area contributed by atoms with Crippen molar-refractivity contribution in [2.75, 3.05) is 38.0 Å². The molecule has 1 aliphatic heterocycles. The molecule has 0 spiro atoms. The quantitative estimate of drug-likeness (QED) is 0.927. The highest BCUT2D eigenvalue weighted by Gasteiger charge is 2.23. The Morgan fingerprint density at radius 2 is 1.77 bits per heavy atom. The lowest BCUT2D eigenvalue weighted by Crippen LogP contribution is -2.50. The number of anilines is 1. The van der Waals surface area contributed by atoms with Crippen molar-refractivity contribution in [3.63, 3.8) is 0 Å². The zero-order chi connectivity index (χ0) is 16.2. The second-order valence-corrected chi connectivity index (χ2v) is 7.05. The van der Waals surface area contributed by atoms with Gasteiger partial charge in [-0.15, -0.1) is 0 Å². The molecule has 1 fully saturated rings. The molecule has 2 rings (SSSR count). The predicted molar refractivity (Wildman–Crippen MR) is 92.5 cm³/mol. The van der Waals surface area contributed by atoms with Crippen molar-refractivity contribution in [3.05, 3.63) is 29.8 Å². The van der Waals surface area contributed by atoms with Crippen molar-refractivity contribution in [2.45, 2.75) is 39.5 Å². The Kier molecular flexibility index (Phi) is 5.46. The minimum Gasteiger partial charge on any atom is -0.322 e. The maximum absolute atomic E-state index is 12.5. The van der Waals surface area contributed by atoms with E-state index in [0.717, 1.165) is 38.4 Å². The molecule has 0 atom stereocenters. The molecule has 0 aromatic heterocycles. The molecule has 4 heteroatoms. The van der Waals surface area contributed by atoms with Crippen molar-refractivity contribution < 1.29 is 4.79 Å². The van der Waals surface area contributed by atoms with Crippen LogP contribution in [0.1, 0.15) is 39.7 Å². The summed E-state index contributed by atoms with van der Waals surface area (Å²) in [6.45, 7) is 13.4. The highest BCUT2D eigenvalue weighted by molar-refractivity contribution is 5.90. The van der Waals surface area contributed by atoms with Gasteiger partial charge in [-0.3, -0.25) is 4.90 Å². The Morgan fingerprint density at radius 3 is 2.36 bits per heavy atom. The van der Waals surface area contributed by atoms with Gasteiger partial charge in [-0.2, -0.15) is 0 Å². The Morgan fingerprint density at radius 1 is 1.14 bits per heavy atom. The molecule has 122 valence electrons. The first-order valence-corrected chi connectivity index (χ1v) is 8.29. The average Bonchev–Trinajstić information content (AvgIpc) is 2.48. The Balaban J connectivity index is 1.99. The fourth-order valence-corrected chi connectivity index (χ4v) is 2.93. The number of hydrogen-bond acceptors (Lipinski definition) is 2. The number of benzene rings is 1. The van der Waals surface area contributed by atoms with E-state index in [4.69, 9.17) is 0 Å². The van der Waals surface area contributed by atoms with Crippen molar-refractivity contribution in [1.82, 2.24) is 9.80 Å². The fourth-order valence-electron chi connectivity index (χ4n) is 2.93. The third kappa shape index (κ3) is 4.23. The number of amides is 2. The number of carbonyl (C=O) groups excluding carboxylic acids is 1. The summed E-state index contributed by atoms with van der Waals surface area (Å²) in [5.41, 5.74) is 2.12. The molecular weight excluding hydrogens is 274 g/mol. The molecule has 0 unspecified atom stereocenters. The summed E-state index contributed by atoms with van der Waals surface area (Å²) in [5.74, 6) is 0. The summed E-state index contributed by atoms with van der Waals surface area (Å²) in [6, 6.07) is 8.11. The van der Waals surface area contributed by atoms with E-state index in [9.17, 15) is 4.79 Å². The summed E-state index contributed by atoms with van der Waals surface area (Å²) < 4.78 is 0. The highest BCUT2D eigenvalue weighted by atomic mass is 16.2. The lowest BCUT2D eigenvalue weighted by atomic mass is 9.86. The van der Waals surface area contributed by atoms with E-state index in [-0.39, 0.29) is 11.4 Å². The normalized spacial score (nSPS) is 16.6. The fraction of sp³-hybridized carbons (Fsp3) is 0.611. The zero-order valence-electron chi connectivity index (χ0n) is 14.4. The molecule has 2 amide bonds. The monoisotopic (exact) mass is 303 g/mol. The Bertz CT molecular complexity index is 499. The van der Waals surface area contributed by atoms with Crippen LogP contribution >= 0.6 is 0 Å². The van der Waals surface area contributed by atoms with Gasteiger partial charge in [-0.05, 0) is 30.0 Å². The minimum atomic E-state index is 0.0176. The summed E-state index contributed by atoms with van der Waals surface area (Å²) in [4.78, 5) is 16.9. The SMILES string of the molecule is CCCN1CCN(C(=O)Nc2ccccc2C(C)(C)C)CC1. The summed E-state index contributed by atoms with van der Waals surface area (Å²) in [6.07, 6.45) is 1.17. The van der Waals surface area contributed by atoms with Gasteiger partial charge in [0.25, 0.3) is 0 Å². The molecular formula is C18H29N3O. The standard InChI is InChI=1S/C18H29N3O/c1-5-10-20-11-13-21(14-12-20)17(22)19-16-9-7-6-8-15(16)18(2,3)4/h6-9H,5,10-14H2,1-4H3,(H,19,22). The van der Waals surface area contributed by atoms with Crippen LogP contribution in [0.4, 0.5) is 10.5 Å². The molecule has 0 saturated carbocycles. The molecule has 0 aliphatic carbocycles. The van der Waals surface area contributed by atoms with Crippen LogP contribution < -0.4 is 5.32 Å². The van der Waals surface area contributed by atoms with Gasteiger partial charge in [0.2, 0.25) is 0 Å². The first-order valence-electron chi connectivity index (χ1n) is 8.29. The maximum atomic E-state index is 12.5. The van der Waals surface area contributed by atoms with Gasteiger partial charge in [0.15, 0.2) is 0 Å². The number of carbonyl (C=O) groups is 1. The first kappa shape index (κ1) is 16.8. The van der Waals surface area contributed by atoms with Gasteiger partial charge in [-0.25, -0.2) is 4.79 Å². The van der Waals surface area contributed by atoms with Crippen LogP contribution in [-0.2, 0) is 5.41 Å². The Hall–Kier alpha value is -1.55. The predicted octanol–water partition coefficient (Wildman–Crippen LogP) is 3.54. The summed E-state index contributed by atoms with van der Waals surface area (Å²) in [7, 11) is 0. The summed E-state index contributed by atoms with van der Waals surface area (Å²) in [5, 5.41) is 3.10. The number of para-hydroxylation sites is 1. The van der Waals surface area contributed by atoms with Gasteiger partial charge in [0, 0.05) is 31.9 Å². The molecule has 4 nitrogen and oxygen atoms in total. The van der Waals surface area contributed by atoms with E-state index >= 15 is 0 Å². The molecule has 22 heavy (non-hydrogen) atoms. The van der Waals surface area contributed by atoms with Gasteiger partial charge < -0.3 is 10.2 Å². The van der Waals surface area contributed by atoms with E-state index in [1.165, 1.54) is 12.0 Å². The number of nitrogens with one attached hydrogen (secondary N) is 1. The lowest BCUT2D eigenvalue weighted by Gasteiger charge is -2.35. The molecule has 1 aliphatic rings. The van der Waals surface area contributed by atoms with E-state index in [0.29, 0.717) is 0 Å². The molecule has 1 heterocycles. The zero-order valence-corrected chi connectivity index (χ0v) is 14.4. The van der Waals surface area contributed by atoms with E-state index < -0.39 is 0 Å². The van der Waals surface area contributed by atoms with Gasteiger partial charge in [0.05, 0.1) is 0 Å². The third-order valence-electron chi connectivity index (χ3n) is 4.18. The largest absolute Gasteiger partial charge is 0.322 e. The second-order valence-electron chi connectivity index (χ2n) is 7.05. The topological polar surface area (TPSA) is 35.6 Å². The maximum Gasteiger partial charge on any atom is 0.321 e. The Labute approximate surface area is 134 Å². The van der Waals surface area contributed by atoms with Crippen LogP contribution in [0.15, 0.2) is 24.3 Å². The molecule has 1 N–H and O–H groups in total. The van der Waals surface area contributed by atoms with Crippen molar-refractivity contribution >= 4 is 11.7 Å². The van der Waals surface area contributed by atoms with Crippen LogP contribution in [0, 0.1) is 0 Å². The number of rotatable bonds is 3. The molecule has 1 aromatic carbocycles. The van der Waals surface area contributed by atoms with Crippen LogP contribution in [0.3, 0.4) is 0 Å². The van der Waals surface area contributed by atoms with Crippen molar-refractivity contribution in [2.24, 2.45) is 0 Å². The van der Waals surface area contributed by atoms with Crippen molar-refractivity contribution in [1.29, 1.82) is 0 Å². The van der Waals surface area contributed by atoms with Crippen LogP contribution in [0.25, 0.3) is 0 Å². The number of urea groups is 1. The first-order chi connectivity index (χ1) is 10.4. The molecule has 0 bridgehead atoms. The molecule has 1 saturated heterocycles. The summed E-state index contributed by atoms with van der Waals surface area (Å²) >= 11 is 0. The van der Waals surface area contributed by atoms with Crippen LogP contribution in [0.2, 0.25) is 0 Å². The van der Waals surface area contributed by atoms with Gasteiger partial charge >= 0.3 is 6.03 Å². The number of piperazine rings is 1. The van der Waals surface area contributed by atoms with E-state index in [1.807, 2.05) is 23.1 Å². The second kappa shape index (κ2) is 7.14. The smallest absolute Gasteiger partial charge is 0.321 e. The van der Waals surface area contributed by atoms with Gasteiger partial charge in [-0.1, -0.05) is 45.9 Å². The van der Waals surface area contributed by atoms with Gasteiger partial charge in [0.1, 0.15) is 0 Å². The average molecular weight is 303 g/mol. The minimum absolute atomic E-state index is 0.0176. The molecule has 1 aromatic rings. The van der Waals surface area contributed by atoms with Crippen LogP contribution in [-0.4, -0.2) is 48.6 Å². The number of hydrogen-bond donors (Lipinski definition) is 1. The molecule has 0 radical (unpaired) electrons. The third-order valence-corrected chi connectivity index (χ3v) is 4.18. The highest BCUT2D eigenvalue weighted by Crippen LogP contribution is 2.29. The van der Waals surface area contributed by atoms with Crippen LogP contribution in [0.5, 0.6) is 0 Å². The van der Waals surface area contributed by atoms with E-state index in [1.54, 1.807) is 0 Å². The lowest BCUT2D eigenvalue weighted by molar-refractivity contribution is 0.147.